The minimum atomic E-state index is 1.05. The highest BCUT2D eigenvalue weighted by Crippen LogP contribution is 2.37. The molecular weight excluding hydrogens is 274 g/mol. The average Bonchev–Trinajstić information content (AvgIpc) is 2.48. The van der Waals surface area contributed by atoms with Gasteiger partial charge in [-0.15, -0.1) is 0 Å². The molecule has 2 aromatic rings. The third-order valence-corrected chi connectivity index (χ3v) is 4.87. The maximum absolute atomic E-state index is 2.46. The van der Waals surface area contributed by atoms with E-state index in [9.17, 15) is 0 Å². The van der Waals surface area contributed by atoms with Crippen molar-refractivity contribution in [1.29, 1.82) is 0 Å². The Balaban J connectivity index is 2.31. The molecule has 0 spiro atoms. The highest BCUT2D eigenvalue weighted by Gasteiger charge is 2.10. The maximum Gasteiger partial charge on any atom is 0.0507 e. The smallest absolute Gasteiger partial charge is 0.0507 e. The molecule has 0 aliphatic rings. The zero-order valence-corrected chi connectivity index (χ0v) is 14.3. The number of para-hydroxylation sites is 1. The van der Waals surface area contributed by atoms with Crippen molar-refractivity contribution in [1.82, 2.24) is 0 Å². The molecule has 0 aliphatic carbocycles. The van der Waals surface area contributed by atoms with Gasteiger partial charge in [-0.25, -0.2) is 0 Å². The Morgan fingerprint density at radius 1 is 0.952 bits per heavy atom. The monoisotopic (exact) mass is 299 g/mol. The molecule has 0 fully saturated rings. The third kappa shape index (κ3) is 4.04. The molecule has 2 aromatic carbocycles. The van der Waals surface area contributed by atoms with Crippen LogP contribution >= 0.6 is 11.8 Å². The zero-order valence-electron chi connectivity index (χ0n) is 13.5. The first-order valence-electron chi connectivity index (χ1n) is 7.74. The summed E-state index contributed by atoms with van der Waals surface area (Å²) in [7, 11) is 0. The molecule has 0 bridgehead atoms. The van der Waals surface area contributed by atoms with E-state index in [-0.39, 0.29) is 0 Å². The van der Waals surface area contributed by atoms with E-state index in [1.54, 1.807) is 0 Å². The van der Waals surface area contributed by atoms with Gasteiger partial charge in [0.05, 0.1) is 5.69 Å². The van der Waals surface area contributed by atoms with Crippen molar-refractivity contribution in [3.63, 3.8) is 0 Å². The van der Waals surface area contributed by atoms with Crippen LogP contribution < -0.4 is 4.90 Å². The molecule has 0 atom stereocenters. The van der Waals surface area contributed by atoms with Crippen LogP contribution in [0.15, 0.2) is 52.3 Å². The Morgan fingerprint density at radius 2 is 1.71 bits per heavy atom. The molecule has 0 saturated carbocycles. The minimum Gasteiger partial charge on any atom is -0.371 e. The summed E-state index contributed by atoms with van der Waals surface area (Å²) in [5.74, 6) is 0. The van der Waals surface area contributed by atoms with Crippen LogP contribution in [0.2, 0.25) is 0 Å². The van der Waals surface area contributed by atoms with E-state index in [4.69, 9.17) is 0 Å². The summed E-state index contributed by atoms with van der Waals surface area (Å²) in [6, 6.07) is 15.4. The summed E-state index contributed by atoms with van der Waals surface area (Å²) < 4.78 is 0. The van der Waals surface area contributed by atoms with Gasteiger partial charge in [-0.3, -0.25) is 0 Å². The lowest BCUT2D eigenvalue weighted by Gasteiger charge is -2.25. The molecule has 0 saturated heterocycles. The molecule has 112 valence electrons. The van der Waals surface area contributed by atoms with E-state index >= 15 is 0 Å². The SMILES string of the molecule is CCCN(CC)c1ccccc1Sc1ccc(C)cc1C. The van der Waals surface area contributed by atoms with Crippen LogP contribution in [0.5, 0.6) is 0 Å². The van der Waals surface area contributed by atoms with Gasteiger partial charge in [-0.05, 0) is 51.0 Å². The van der Waals surface area contributed by atoms with Crippen molar-refractivity contribution in [3.8, 4) is 0 Å². The molecule has 0 unspecified atom stereocenters. The topological polar surface area (TPSA) is 3.24 Å². The molecule has 1 nitrogen and oxygen atoms in total. The van der Waals surface area contributed by atoms with Gasteiger partial charge in [0.25, 0.3) is 0 Å². The molecule has 2 rings (SSSR count). The van der Waals surface area contributed by atoms with Crippen molar-refractivity contribution in [2.24, 2.45) is 0 Å². The highest BCUT2D eigenvalue weighted by atomic mass is 32.2. The van der Waals surface area contributed by atoms with Gasteiger partial charge in [-0.1, -0.05) is 48.5 Å². The van der Waals surface area contributed by atoms with Crippen LogP contribution in [0, 0.1) is 13.8 Å². The van der Waals surface area contributed by atoms with Crippen LogP contribution in [0.4, 0.5) is 5.69 Å². The van der Waals surface area contributed by atoms with E-state index in [2.05, 4.69) is 75.1 Å². The molecule has 21 heavy (non-hydrogen) atoms. The second-order valence-electron chi connectivity index (χ2n) is 5.42. The van der Waals surface area contributed by atoms with Crippen LogP contribution in [-0.2, 0) is 0 Å². The van der Waals surface area contributed by atoms with Gasteiger partial charge in [0.2, 0.25) is 0 Å². The molecule has 0 amide bonds. The molecule has 0 N–H and O–H groups in total. The van der Waals surface area contributed by atoms with Crippen molar-refractivity contribution in [2.75, 3.05) is 18.0 Å². The standard InChI is InChI=1S/C19H25NS/c1-5-13-20(6-2)17-9-7-8-10-19(17)21-18-12-11-15(3)14-16(18)4/h7-12,14H,5-6,13H2,1-4H3. The summed E-state index contributed by atoms with van der Waals surface area (Å²) in [4.78, 5) is 5.16. The number of rotatable bonds is 6. The molecule has 0 aromatic heterocycles. The normalized spacial score (nSPS) is 10.7. The number of hydrogen-bond acceptors (Lipinski definition) is 2. The van der Waals surface area contributed by atoms with Crippen LogP contribution in [-0.4, -0.2) is 13.1 Å². The molecule has 0 radical (unpaired) electrons. The van der Waals surface area contributed by atoms with Gasteiger partial charge in [0, 0.05) is 22.9 Å². The number of aryl methyl sites for hydroxylation is 2. The van der Waals surface area contributed by atoms with Gasteiger partial charge in [0.1, 0.15) is 0 Å². The average molecular weight is 299 g/mol. The van der Waals surface area contributed by atoms with Gasteiger partial charge >= 0.3 is 0 Å². The first-order valence-corrected chi connectivity index (χ1v) is 8.56. The predicted molar refractivity (Wildman–Crippen MR) is 94.7 cm³/mol. The Bertz CT molecular complexity index is 592. The summed E-state index contributed by atoms with van der Waals surface area (Å²) in [5, 5.41) is 0. The van der Waals surface area contributed by atoms with Crippen molar-refractivity contribution >= 4 is 17.4 Å². The summed E-state index contributed by atoms with van der Waals surface area (Å²) in [6.07, 6.45) is 1.18. The number of nitrogens with zero attached hydrogens (tertiary/aromatic N) is 1. The highest BCUT2D eigenvalue weighted by molar-refractivity contribution is 7.99. The van der Waals surface area contributed by atoms with Crippen LogP contribution in [0.1, 0.15) is 31.4 Å². The van der Waals surface area contributed by atoms with Gasteiger partial charge < -0.3 is 4.90 Å². The summed E-state index contributed by atoms with van der Waals surface area (Å²) in [5.41, 5.74) is 4.03. The van der Waals surface area contributed by atoms with Gasteiger partial charge in [0.15, 0.2) is 0 Å². The lowest BCUT2D eigenvalue weighted by molar-refractivity contribution is 0.784. The maximum atomic E-state index is 2.46. The summed E-state index contributed by atoms with van der Waals surface area (Å²) >= 11 is 1.88. The lowest BCUT2D eigenvalue weighted by atomic mass is 10.2. The quantitative estimate of drug-likeness (QED) is 0.674. The lowest BCUT2D eigenvalue weighted by Crippen LogP contribution is -2.23. The Kier molecular flexibility index (Phi) is 5.75. The molecular formula is C19H25NS. The van der Waals surface area contributed by atoms with Crippen molar-refractivity contribution in [3.05, 3.63) is 53.6 Å². The van der Waals surface area contributed by atoms with E-state index in [0.717, 1.165) is 13.1 Å². The van der Waals surface area contributed by atoms with E-state index in [1.807, 2.05) is 11.8 Å². The Labute approximate surface area is 133 Å². The third-order valence-electron chi connectivity index (χ3n) is 3.63. The van der Waals surface area contributed by atoms with Crippen molar-refractivity contribution < 1.29 is 0 Å². The summed E-state index contributed by atoms with van der Waals surface area (Å²) in [6.45, 7) is 11.0. The molecule has 0 heterocycles. The van der Waals surface area contributed by atoms with Crippen LogP contribution in [0.25, 0.3) is 0 Å². The number of benzene rings is 2. The largest absolute Gasteiger partial charge is 0.371 e. The molecule has 0 aliphatic heterocycles. The van der Waals surface area contributed by atoms with E-state index in [1.165, 1.54) is 33.0 Å². The second kappa shape index (κ2) is 7.56. The second-order valence-corrected chi connectivity index (χ2v) is 6.50. The van der Waals surface area contributed by atoms with E-state index in [0.29, 0.717) is 0 Å². The minimum absolute atomic E-state index is 1.05. The van der Waals surface area contributed by atoms with Gasteiger partial charge in [-0.2, -0.15) is 0 Å². The van der Waals surface area contributed by atoms with Crippen molar-refractivity contribution in [2.45, 2.75) is 43.9 Å². The first-order chi connectivity index (χ1) is 10.2. The number of anilines is 1. The molecule has 2 heteroatoms. The predicted octanol–water partition coefficient (Wildman–Crippen LogP) is 5.69. The fourth-order valence-corrected chi connectivity index (χ4v) is 3.60. The zero-order chi connectivity index (χ0) is 15.2. The van der Waals surface area contributed by atoms with E-state index < -0.39 is 0 Å². The first kappa shape index (κ1) is 16.0. The Morgan fingerprint density at radius 3 is 2.38 bits per heavy atom. The fourth-order valence-electron chi connectivity index (χ4n) is 2.56. The number of hydrogen-bond donors (Lipinski definition) is 0. The van der Waals surface area contributed by atoms with Crippen LogP contribution in [0.3, 0.4) is 0 Å². The fraction of sp³-hybridized carbons (Fsp3) is 0.368. The Hall–Kier alpha value is -1.41.